The summed E-state index contributed by atoms with van der Waals surface area (Å²) in [5.74, 6) is 0.206. The molecule has 1 N–H and O–H groups in total. The molecule has 2 atom stereocenters. The third-order valence-electron chi connectivity index (χ3n) is 2.44. The van der Waals surface area contributed by atoms with Crippen LogP contribution in [0.4, 0.5) is 0 Å². The maximum Gasteiger partial charge on any atom is 0.222 e. The zero-order valence-electron chi connectivity index (χ0n) is 8.67. The molecule has 0 aromatic heterocycles. The molecule has 3 heteroatoms. The van der Waals surface area contributed by atoms with Gasteiger partial charge in [-0.25, -0.2) is 0 Å². The summed E-state index contributed by atoms with van der Waals surface area (Å²) in [7, 11) is 0. The normalized spacial score (nSPS) is 27.1. The van der Waals surface area contributed by atoms with Crippen molar-refractivity contribution in [2.24, 2.45) is 5.92 Å². The molecule has 1 aliphatic rings. The molecule has 1 amide bonds. The Labute approximate surface area is 79.8 Å². The monoisotopic (exact) mass is 185 g/mol. The smallest absolute Gasteiger partial charge is 0.222 e. The van der Waals surface area contributed by atoms with Gasteiger partial charge in [0, 0.05) is 12.5 Å². The Morgan fingerprint density at radius 2 is 2.23 bits per heavy atom. The molecule has 1 aliphatic carbocycles. The number of amides is 1. The predicted molar refractivity (Wildman–Crippen MR) is 51.4 cm³/mol. The minimum atomic E-state index is 0.0721. The van der Waals surface area contributed by atoms with Crippen molar-refractivity contribution in [3.05, 3.63) is 0 Å². The number of carbonyl (C=O) groups is 1. The second kappa shape index (κ2) is 4.61. The van der Waals surface area contributed by atoms with Crippen LogP contribution in [0.2, 0.25) is 0 Å². The van der Waals surface area contributed by atoms with Gasteiger partial charge >= 0.3 is 0 Å². The molecule has 0 unspecified atom stereocenters. The number of rotatable bonds is 4. The first-order valence-corrected chi connectivity index (χ1v) is 5.07. The Morgan fingerprint density at radius 3 is 2.62 bits per heavy atom. The van der Waals surface area contributed by atoms with Gasteiger partial charge in [0.05, 0.1) is 12.1 Å². The van der Waals surface area contributed by atoms with E-state index in [0.29, 0.717) is 0 Å². The molecule has 0 aromatic rings. The Balaban J connectivity index is 2.25. The van der Waals surface area contributed by atoms with Gasteiger partial charge < -0.3 is 10.1 Å². The van der Waals surface area contributed by atoms with E-state index in [2.05, 4.69) is 5.32 Å². The average molecular weight is 185 g/mol. The predicted octanol–water partition coefficient (Wildman–Crippen LogP) is 1.33. The average Bonchev–Trinajstić information content (AvgIpc) is 2.07. The van der Waals surface area contributed by atoms with E-state index in [1.165, 1.54) is 0 Å². The van der Waals surface area contributed by atoms with Gasteiger partial charge in [0.2, 0.25) is 5.91 Å². The van der Waals surface area contributed by atoms with E-state index in [-0.39, 0.29) is 24.0 Å². The Morgan fingerprint density at radius 1 is 1.54 bits per heavy atom. The summed E-state index contributed by atoms with van der Waals surface area (Å²) in [6.45, 7) is 6.53. The summed E-state index contributed by atoms with van der Waals surface area (Å²) in [5, 5.41) is 2.99. The van der Waals surface area contributed by atoms with Crippen LogP contribution < -0.4 is 5.32 Å². The van der Waals surface area contributed by atoms with Crippen molar-refractivity contribution < 1.29 is 9.53 Å². The number of hydrogen-bond donors (Lipinski definition) is 1. The Kier molecular flexibility index (Phi) is 3.72. The van der Waals surface area contributed by atoms with E-state index in [9.17, 15) is 4.79 Å². The molecule has 0 saturated heterocycles. The Hall–Kier alpha value is -0.570. The second-order valence-electron chi connectivity index (χ2n) is 3.84. The van der Waals surface area contributed by atoms with Crippen LogP contribution in [0.25, 0.3) is 0 Å². The van der Waals surface area contributed by atoms with Crippen LogP contribution in [-0.2, 0) is 9.53 Å². The van der Waals surface area contributed by atoms with Crippen LogP contribution in [0.1, 0.15) is 33.6 Å². The van der Waals surface area contributed by atoms with Gasteiger partial charge in [-0.1, -0.05) is 13.8 Å². The topological polar surface area (TPSA) is 38.3 Å². The minimum absolute atomic E-state index is 0.0721. The highest BCUT2D eigenvalue weighted by molar-refractivity contribution is 5.78. The molecular weight excluding hydrogens is 166 g/mol. The molecule has 0 bridgehead atoms. The number of carbonyl (C=O) groups excluding carboxylic acids is 1. The van der Waals surface area contributed by atoms with Crippen molar-refractivity contribution >= 4 is 5.91 Å². The van der Waals surface area contributed by atoms with Gasteiger partial charge in [-0.2, -0.15) is 0 Å². The van der Waals surface area contributed by atoms with Crippen molar-refractivity contribution in [1.82, 2.24) is 5.32 Å². The van der Waals surface area contributed by atoms with Gasteiger partial charge in [0.25, 0.3) is 0 Å². The molecule has 1 saturated carbocycles. The van der Waals surface area contributed by atoms with E-state index in [4.69, 9.17) is 4.74 Å². The molecule has 13 heavy (non-hydrogen) atoms. The van der Waals surface area contributed by atoms with Gasteiger partial charge in [-0.15, -0.1) is 0 Å². The van der Waals surface area contributed by atoms with Crippen molar-refractivity contribution in [2.75, 3.05) is 6.61 Å². The first-order chi connectivity index (χ1) is 6.15. The minimum Gasteiger partial charge on any atom is -0.376 e. The standard InChI is InChI=1S/C10H19NO2/c1-4-13-9-6-5-8(9)11-10(12)7(2)3/h7-9H,4-6H2,1-3H3,(H,11,12)/t8-,9-/m0/s1. The molecular formula is C10H19NO2. The molecule has 0 radical (unpaired) electrons. The van der Waals surface area contributed by atoms with E-state index in [1.54, 1.807) is 0 Å². The summed E-state index contributed by atoms with van der Waals surface area (Å²) >= 11 is 0. The summed E-state index contributed by atoms with van der Waals surface area (Å²) in [6.07, 6.45) is 2.40. The van der Waals surface area contributed by atoms with Crippen LogP contribution in [0, 0.1) is 5.92 Å². The third-order valence-corrected chi connectivity index (χ3v) is 2.44. The zero-order valence-corrected chi connectivity index (χ0v) is 8.67. The highest BCUT2D eigenvalue weighted by Crippen LogP contribution is 2.23. The van der Waals surface area contributed by atoms with Gasteiger partial charge in [-0.05, 0) is 19.8 Å². The molecule has 0 aliphatic heterocycles. The van der Waals surface area contributed by atoms with E-state index < -0.39 is 0 Å². The molecule has 0 aromatic carbocycles. The lowest BCUT2D eigenvalue weighted by Gasteiger charge is -2.37. The van der Waals surface area contributed by atoms with Crippen molar-refractivity contribution in [3.63, 3.8) is 0 Å². The molecule has 0 heterocycles. The van der Waals surface area contributed by atoms with E-state index >= 15 is 0 Å². The summed E-state index contributed by atoms with van der Waals surface area (Å²) in [6, 6.07) is 0.259. The SMILES string of the molecule is CCO[C@H]1CC[C@@H]1NC(=O)C(C)C. The second-order valence-corrected chi connectivity index (χ2v) is 3.84. The van der Waals surface area contributed by atoms with Crippen LogP contribution in [-0.4, -0.2) is 24.7 Å². The molecule has 3 nitrogen and oxygen atoms in total. The fourth-order valence-electron chi connectivity index (χ4n) is 1.40. The quantitative estimate of drug-likeness (QED) is 0.717. The van der Waals surface area contributed by atoms with Crippen molar-refractivity contribution in [3.8, 4) is 0 Å². The highest BCUT2D eigenvalue weighted by Gasteiger charge is 2.32. The number of hydrogen-bond acceptors (Lipinski definition) is 2. The number of ether oxygens (including phenoxy) is 1. The molecule has 0 spiro atoms. The lowest BCUT2D eigenvalue weighted by atomic mass is 9.88. The largest absolute Gasteiger partial charge is 0.376 e. The van der Waals surface area contributed by atoms with Crippen LogP contribution in [0.3, 0.4) is 0 Å². The van der Waals surface area contributed by atoms with E-state index in [0.717, 1.165) is 19.4 Å². The first-order valence-electron chi connectivity index (χ1n) is 5.07. The molecule has 76 valence electrons. The maximum absolute atomic E-state index is 11.3. The van der Waals surface area contributed by atoms with Gasteiger partial charge in [0.15, 0.2) is 0 Å². The van der Waals surface area contributed by atoms with Crippen LogP contribution >= 0.6 is 0 Å². The lowest BCUT2D eigenvalue weighted by Crippen LogP contribution is -2.52. The number of nitrogens with one attached hydrogen (secondary N) is 1. The maximum atomic E-state index is 11.3. The van der Waals surface area contributed by atoms with Crippen molar-refractivity contribution in [1.29, 1.82) is 0 Å². The fourth-order valence-corrected chi connectivity index (χ4v) is 1.40. The fraction of sp³-hybridized carbons (Fsp3) is 0.900. The highest BCUT2D eigenvalue weighted by atomic mass is 16.5. The summed E-state index contributed by atoms with van der Waals surface area (Å²) in [5.41, 5.74) is 0. The summed E-state index contributed by atoms with van der Waals surface area (Å²) < 4.78 is 5.46. The third kappa shape index (κ3) is 2.69. The van der Waals surface area contributed by atoms with Crippen LogP contribution in [0.5, 0.6) is 0 Å². The zero-order chi connectivity index (χ0) is 9.84. The van der Waals surface area contributed by atoms with E-state index in [1.807, 2.05) is 20.8 Å². The molecule has 1 rings (SSSR count). The Bertz CT molecular complexity index is 180. The van der Waals surface area contributed by atoms with Crippen molar-refractivity contribution in [2.45, 2.75) is 45.8 Å². The molecule has 1 fully saturated rings. The summed E-state index contributed by atoms with van der Waals surface area (Å²) in [4.78, 5) is 11.3. The first kappa shape index (κ1) is 10.5. The van der Waals surface area contributed by atoms with Gasteiger partial charge in [0.1, 0.15) is 0 Å². The van der Waals surface area contributed by atoms with Gasteiger partial charge in [-0.3, -0.25) is 4.79 Å². The van der Waals surface area contributed by atoms with Crippen LogP contribution in [0.15, 0.2) is 0 Å². The lowest BCUT2D eigenvalue weighted by molar-refractivity contribution is -0.127.